The second-order valence-corrected chi connectivity index (χ2v) is 5.86. The van der Waals surface area contributed by atoms with Gasteiger partial charge in [-0.3, -0.25) is 0 Å². The summed E-state index contributed by atoms with van der Waals surface area (Å²) in [7, 11) is 1.65. The molecule has 20 heavy (non-hydrogen) atoms. The highest BCUT2D eigenvalue weighted by atomic mass is 16.5. The molecule has 1 spiro atoms. The van der Waals surface area contributed by atoms with Gasteiger partial charge in [-0.05, 0) is 31.1 Å². The summed E-state index contributed by atoms with van der Waals surface area (Å²) >= 11 is 0. The predicted molar refractivity (Wildman–Crippen MR) is 75.5 cm³/mol. The molecule has 2 fully saturated rings. The van der Waals surface area contributed by atoms with Gasteiger partial charge in [-0.15, -0.1) is 0 Å². The summed E-state index contributed by atoms with van der Waals surface area (Å²) in [6.07, 6.45) is 9.65. The van der Waals surface area contributed by atoms with Gasteiger partial charge in [-0.25, -0.2) is 9.97 Å². The fourth-order valence-electron chi connectivity index (χ4n) is 3.72. The van der Waals surface area contributed by atoms with Crippen LogP contribution in [-0.4, -0.2) is 36.3 Å². The summed E-state index contributed by atoms with van der Waals surface area (Å²) in [5.41, 5.74) is 1.48. The normalized spacial score (nSPS) is 24.9. The highest BCUT2D eigenvalue weighted by Crippen LogP contribution is 2.46. The molecule has 1 aromatic rings. The second kappa shape index (κ2) is 6.06. The summed E-state index contributed by atoms with van der Waals surface area (Å²) in [5.74, 6) is 0.673. The minimum absolute atomic E-state index is 0.446. The van der Waals surface area contributed by atoms with E-state index in [0.29, 0.717) is 17.3 Å². The maximum Gasteiger partial charge on any atom is 0.220 e. The van der Waals surface area contributed by atoms with E-state index in [1.54, 1.807) is 7.11 Å². The topological polar surface area (TPSA) is 56.3 Å². The molecule has 2 aliphatic rings. The van der Waals surface area contributed by atoms with Crippen molar-refractivity contribution in [2.24, 2.45) is 5.41 Å². The van der Waals surface area contributed by atoms with Crippen LogP contribution in [-0.2, 0) is 11.3 Å². The second-order valence-electron chi connectivity index (χ2n) is 5.86. The van der Waals surface area contributed by atoms with Gasteiger partial charge in [-0.2, -0.15) is 0 Å². The summed E-state index contributed by atoms with van der Waals surface area (Å²) < 4.78 is 10.8. The first-order valence-electron chi connectivity index (χ1n) is 7.48. The van der Waals surface area contributed by atoms with Gasteiger partial charge >= 0.3 is 0 Å². The minimum Gasteiger partial charge on any atom is -0.481 e. The lowest BCUT2D eigenvalue weighted by atomic mass is 9.75. The number of nitrogens with zero attached hydrogens (tertiary/aromatic N) is 2. The van der Waals surface area contributed by atoms with E-state index in [1.165, 1.54) is 38.4 Å². The lowest BCUT2D eigenvalue weighted by Crippen LogP contribution is -2.44. The highest BCUT2D eigenvalue weighted by molar-refractivity contribution is 5.22. The van der Waals surface area contributed by atoms with E-state index >= 15 is 0 Å². The zero-order valence-corrected chi connectivity index (χ0v) is 12.1. The van der Waals surface area contributed by atoms with Gasteiger partial charge < -0.3 is 14.8 Å². The molecule has 0 aromatic carbocycles. The van der Waals surface area contributed by atoms with E-state index in [0.717, 1.165) is 25.3 Å². The van der Waals surface area contributed by atoms with Crippen molar-refractivity contribution in [3.8, 4) is 5.88 Å². The van der Waals surface area contributed by atoms with Crippen LogP contribution in [0, 0.1) is 5.41 Å². The van der Waals surface area contributed by atoms with E-state index in [-0.39, 0.29) is 0 Å². The van der Waals surface area contributed by atoms with Crippen molar-refractivity contribution in [1.29, 1.82) is 0 Å². The average molecular weight is 277 g/mol. The van der Waals surface area contributed by atoms with Crippen LogP contribution in [0.15, 0.2) is 12.5 Å². The molecule has 1 aliphatic carbocycles. The predicted octanol–water partition coefficient (Wildman–Crippen LogP) is 1.92. The van der Waals surface area contributed by atoms with Crippen molar-refractivity contribution in [3.05, 3.63) is 18.1 Å². The van der Waals surface area contributed by atoms with Crippen LogP contribution in [0.1, 0.15) is 37.7 Å². The van der Waals surface area contributed by atoms with Crippen LogP contribution >= 0.6 is 0 Å². The molecule has 1 aliphatic heterocycles. The number of nitrogens with one attached hydrogen (secondary N) is 1. The van der Waals surface area contributed by atoms with Crippen molar-refractivity contribution in [3.63, 3.8) is 0 Å². The quantitative estimate of drug-likeness (QED) is 0.911. The summed E-state index contributed by atoms with van der Waals surface area (Å²) in [6, 6.07) is 0.580. The molecule has 2 heterocycles. The Morgan fingerprint density at radius 3 is 3.05 bits per heavy atom. The molecule has 0 amide bonds. The van der Waals surface area contributed by atoms with Gasteiger partial charge in [0.15, 0.2) is 0 Å². The van der Waals surface area contributed by atoms with Crippen LogP contribution in [0.4, 0.5) is 0 Å². The number of ether oxygens (including phenoxy) is 2. The zero-order chi connectivity index (χ0) is 13.8. The highest BCUT2D eigenvalue weighted by Gasteiger charge is 2.43. The Bertz CT molecular complexity index is 446. The van der Waals surface area contributed by atoms with Crippen LogP contribution in [0.2, 0.25) is 0 Å². The van der Waals surface area contributed by atoms with Crippen LogP contribution < -0.4 is 10.1 Å². The Balaban J connectivity index is 1.65. The SMILES string of the molecule is COc1ncncc1CNC1CCCC12CCOCC2. The lowest BCUT2D eigenvalue weighted by molar-refractivity contribution is 0.00411. The maximum absolute atomic E-state index is 5.54. The molecule has 1 saturated carbocycles. The van der Waals surface area contributed by atoms with Gasteiger partial charge in [0.05, 0.1) is 7.11 Å². The summed E-state index contributed by atoms with van der Waals surface area (Å²) in [5, 5.41) is 3.72. The Morgan fingerprint density at radius 1 is 1.40 bits per heavy atom. The molecule has 0 radical (unpaired) electrons. The third kappa shape index (κ3) is 2.65. The van der Waals surface area contributed by atoms with Crippen molar-refractivity contribution < 1.29 is 9.47 Å². The first-order chi connectivity index (χ1) is 9.84. The first-order valence-corrected chi connectivity index (χ1v) is 7.48. The Morgan fingerprint density at radius 2 is 2.25 bits per heavy atom. The Hall–Kier alpha value is -1.20. The average Bonchev–Trinajstić information content (AvgIpc) is 2.88. The third-order valence-corrected chi connectivity index (χ3v) is 4.87. The monoisotopic (exact) mass is 277 g/mol. The molecule has 1 aromatic heterocycles. The van der Waals surface area contributed by atoms with E-state index in [4.69, 9.17) is 9.47 Å². The van der Waals surface area contributed by atoms with Crippen LogP contribution in [0.25, 0.3) is 0 Å². The Labute approximate surface area is 120 Å². The number of hydrogen-bond donors (Lipinski definition) is 1. The molecule has 1 saturated heterocycles. The molecule has 1 atom stereocenters. The van der Waals surface area contributed by atoms with Crippen molar-refractivity contribution in [2.45, 2.75) is 44.7 Å². The standard InChI is InChI=1S/C15H23N3O2/c1-19-14-12(9-16-11-18-14)10-17-13-3-2-4-15(13)5-7-20-8-6-15/h9,11,13,17H,2-8,10H2,1H3. The summed E-state index contributed by atoms with van der Waals surface area (Å²) in [6.45, 7) is 2.60. The fourth-order valence-corrected chi connectivity index (χ4v) is 3.72. The molecule has 1 N–H and O–H groups in total. The van der Waals surface area contributed by atoms with Gasteiger partial charge in [-0.1, -0.05) is 6.42 Å². The van der Waals surface area contributed by atoms with Gasteiger partial charge in [0, 0.05) is 37.6 Å². The molecule has 5 heteroatoms. The number of aromatic nitrogens is 2. The molecule has 3 rings (SSSR count). The van der Waals surface area contributed by atoms with Crippen LogP contribution in [0.3, 0.4) is 0 Å². The molecule has 0 bridgehead atoms. The van der Waals surface area contributed by atoms with E-state index in [2.05, 4.69) is 15.3 Å². The van der Waals surface area contributed by atoms with E-state index in [9.17, 15) is 0 Å². The molecule has 1 unspecified atom stereocenters. The zero-order valence-electron chi connectivity index (χ0n) is 12.1. The minimum atomic E-state index is 0.446. The number of methoxy groups -OCH3 is 1. The largest absolute Gasteiger partial charge is 0.481 e. The Kier molecular flexibility index (Phi) is 4.17. The van der Waals surface area contributed by atoms with Crippen molar-refractivity contribution in [2.75, 3.05) is 20.3 Å². The first kappa shape index (κ1) is 13.8. The molecule has 110 valence electrons. The molecule has 5 nitrogen and oxygen atoms in total. The smallest absolute Gasteiger partial charge is 0.220 e. The maximum atomic E-state index is 5.54. The molecular formula is C15H23N3O2. The number of hydrogen-bond acceptors (Lipinski definition) is 5. The lowest BCUT2D eigenvalue weighted by Gasteiger charge is -2.39. The van der Waals surface area contributed by atoms with Gasteiger partial charge in [0.25, 0.3) is 0 Å². The van der Waals surface area contributed by atoms with Crippen molar-refractivity contribution >= 4 is 0 Å². The van der Waals surface area contributed by atoms with Crippen LogP contribution in [0.5, 0.6) is 5.88 Å². The van der Waals surface area contributed by atoms with Gasteiger partial charge in [0.2, 0.25) is 5.88 Å². The third-order valence-electron chi connectivity index (χ3n) is 4.87. The fraction of sp³-hybridized carbons (Fsp3) is 0.733. The van der Waals surface area contributed by atoms with Crippen molar-refractivity contribution in [1.82, 2.24) is 15.3 Å². The molecular weight excluding hydrogens is 254 g/mol. The van der Waals surface area contributed by atoms with E-state index in [1.807, 2.05) is 6.20 Å². The van der Waals surface area contributed by atoms with Gasteiger partial charge in [0.1, 0.15) is 6.33 Å². The summed E-state index contributed by atoms with van der Waals surface area (Å²) in [4.78, 5) is 8.24. The number of rotatable bonds is 4. The van der Waals surface area contributed by atoms with E-state index < -0.39 is 0 Å².